The lowest BCUT2D eigenvalue weighted by Gasteiger charge is -2.05. The zero-order valence-electron chi connectivity index (χ0n) is 5.68. The summed E-state index contributed by atoms with van der Waals surface area (Å²) in [6, 6.07) is 0. The third kappa shape index (κ3) is 6.11. The minimum absolute atomic E-state index is 0.896. The maximum atomic E-state index is 11.4. The molecule has 0 N–H and O–H groups in total. The van der Waals surface area contributed by atoms with E-state index in [2.05, 4.69) is 4.74 Å². The zero-order chi connectivity index (χ0) is 9.12. The standard InChI is InChI=1S/C4H7F3O3S/c1-10-3-11(8,9)2-4(5,6)7/h2-3H2,1H3. The van der Waals surface area contributed by atoms with E-state index in [1.54, 1.807) is 0 Å². The van der Waals surface area contributed by atoms with Crippen LogP contribution in [0.3, 0.4) is 0 Å². The van der Waals surface area contributed by atoms with Gasteiger partial charge in [0, 0.05) is 7.11 Å². The molecule has 11 heavy (non-hydrogen) atoms. The fraction of sp³-hybridized carbons (Fsp3) is 1.00. The molecule has 0 aliphatic carbocycles. The molecule has 0 aromatic carbocycles. The van der Waals surface area contributed by atoms with Crippen LogP contribution in [-0.2, 0) is 14.6 Å². The lowest BCUT2D eigenvalue weighted by atomic mass is 10.8. The highest BCUT2D eigenvalue weighted by molar-refractivity contribution is 7.91. The van der Waals surface area contributed by atoms with Gasteiger partial charge in [-0.15, -0.1) is 0 Å². The monoisotopic (exact) mass is 192 g/mol. The quantitative estimate of drug-likeness (QED) is 0.656. The van der Waals surface area contributed by atoms with E-state index < -0.39 is 27.7 Å². The van der Waals surface area contributed by atoms with E-state index in [1.165, 1.54) is 0 Å². The van der Waals surface area contributed by atoms with Crippen molar-refractivity contribution in [3.63, 3.8) is 0 Å². The first-order valence-corrected chi connectivity index (χ1v) is 4.35. The van der Waals surface area contributed by atoms with E-state index in [0.29, 0.717) is 0 Å². The van der Waals surface area contributed by atoms with Gasteiger partial charge in [0.2, 0.25) is 0 Å². The number of halogens is 3. The van der Waals surface area contributed by atoms with Gasteiger partial charge >= 0.3 is 6.18 Å². The molecule has 0 amide bonds. The summed E-state index contributed by atoms with van der Waals surface area (Å²) < 4.78 is 59.2. The number of sulfone groups is 1. The van der Waals surface area contributed by atoms with Gasteiger partial charge in [-0.25, -0.2) is 8.42 Å². The molecule has 0 fully saturated rings. The molecular weight excluding hydrogens is 185 g/mol. The summed E-state index contributed by atoms with van der Waals surface area (Å²) in [5.74, 6) is -2.72. The molecule has 0 rings (SSSR count). The topological polar surface area (TPSA) is 43.4 Å². The van der Waals surface area contributed by atoms with Crippen molar-refractivity contribution in [2.45, 2.75) is 6.18 Å². The Labute approximate surface area is 62.1 Å². The van der Waals surface area contributed by atoms with Crippen LogP contribution in [0.15, 0.2) is 0 Å². The molecule has 0 heterocycles. The lowest BCUT2D eigenvalue weighted by molar-refractivity contribution is -0.106. The SMILES string of the molecule is COCS(=O)(=O)CC(F)(F)F. The van der Waals surface area contributed by atoms with Crippen molar-refractivity contribution in [1.29, 1.82) is 0 Å². The molecule has 0 atom stereocenters. The van der Waals surface area contributed by atoms with Crippen molar-refractivity contribution in [1.82, 2.24) is 0 Å². The first-order valence-electron chi connectivity index (χ1n) is 2.53. The van der Waals surface area contributed by atoms with Crippen LogP contribution in [0.1, 0.15) is 0 Å². The maximum absolute atomic E-state index is 11.4. The fourth-order valence-electron chi connectivity index (χ4n) is 0.471. The Morgan fingerprint density at radius 1 is 1.36 bits per heavy atom. The second-order valence-electron chi connectivity index (χ2n) is 1.91. The molecule has 0 aliphatic heterocycles. The Bertz CT molecular complexity index is 205. The van der Waals surface area contributed by atoms with Crippen molar-refractivity contribution >= 4 is 9.84 Å². The summed E-state index contributed by atoms with van der Waals surface area (Å²) in [5.41, 5.74) is 0. The number of hydrogen-bond donors (Lipinski definition) is 0. The van der Waals surface area contributed by atoms with Gasteiger partial charge in [-0.05, 0) is 0 Å². The summed E-state index contributed by atoms with van der Waals surface area (Å²) >= 11 is 0. The third-order valence-corrected chi connectivity index (χ3v) is 2.04. The predicted molar refractivity (Wildman–Crippen MR) is 31.7 cm³/mol. The van der Waals surface area contributed by atoms with Crippen LogP contribution in [0.4, 0.5) is 13.2 Å². The summed E-state index contributed by atoms with van der Waals surface area (Å²) in [6.45, 7) is 0. The normalized spacial score (nSPS) is 13.5. The van der Waals surface area contributed by atoms with Gasteiger partial charge < -0.3 is 4.74 Å². The van der Waals surface area contributed by atoms with Crippen LogP contribution in [0.25, 0.3) is 0 Å². The molecule has 3 nitrogen and oxygen atoms in total. The molecule has 0 saturated heterocycles. The number of methoxy groups -OCH3 is 1. The Balaban J connectivity index is 4.15. The summed E-state index contributed by atoms with van der Waals surface area (Å²) in [5, 5.41) is 0. The summed E-state index contributed by atoms with van der Waals surface area (Å²) in [6.07, 6.45) is -4.68. The van der Waals surface area contributed by atoms with Gasteiger partial charge in [0.25, 0.3) is 0 Å². The molecule has 0 radical (unpaired) electrons. The van der Waals surface area contributed by atoms with Crippen LogP contribution in [0, 0.1) is 0 Å². The Morgan fingerprint density at radius 3 is 2.09 bits per heavy atom. The molecule has 0 spiro atoms. The molecule has 7 heteroatoms. The van der Waals surface area contributed by atoms with E-state index in [-0.39, 0.29) is 0 Å². The van der Waals surface area contributed by atoms with Gasteiger partial charge in [-0.2, -0.15) is 13.2 Å². The Kier molecular flexibility index (Phi) is 3.30. The van der Waals surface area contributed by atoms with Gasteiger partial charge in [-0.1, -0.05) is 0 Å². The zero-order valence-corrected chi connectivity index (χ0v) is 6.50. The number of rotatable bonds is 3. The van der Waals surface area contributed by atoms with Crippen molar-refractivity contribution in [2.24, 2.45) is 0 Å². The number of hydrogen-bond acceptors (Lipinski definition) is 3. The number of alkyl halides is 3. The van der Waals surface area contributed by atoms with Gasteiger partial charge in [0.1, 0.15) is 11.7 Å². The van der Waals surface area contributed by atoms with Crippen molar-refractivity contribution in [3.8, 4) is 0 Å². The largest absolute Gasteiger partial charge is 0.402 e. The van der Waals surface area contributed by atoms with Gasteiger partial charge in [-0.3, -0.25) is 0 Å². The summed E-state index contributed by atoms with van der Waals surface area (Å²) in [4.78, 5) is 0. The number of ether oxygens (including phenoxy) is 1. The van der Waals surface area contributed by atoms with Crippen molar-refractivity contribution in [2.75, 3.05) is 18.8 Å². The fourth-order valence-corrected chi connectivity index (χ4v) is 1.41. The Hall–Kier alpha value is -0.300. The second kappa shape index (κ2) is 3.40. The smallest absolute Gasteiger partial charge is 0.369 e. The van der Waals surface area contributed by atoms with Crippen LogP contribution in [-0.4, -0.2) is 33.4 Å². The van der Waals surface area contributed by atoms with Crippen molar-refractivity contribution < 1.29 is 26.3 Å². The minimum atomic E-state index is -4.68. The van der Waals surface area contributed by atoms with Gasteiger partial charge in [0.15, 0.2) is 9.84 Å². The van der Waals surface area contributed by atoms with Crippen LogP contribution < -0.4 is 0 Å². The molecule has 0 aromatic rings. The van der Waals surface area contributed by atoms with Crippen LogP contribution in [0.2, 0.25) is 0 Å². The highest BCUT2D eigenvalue weighted by Crippen LogP contribution is 2.17. The van der Waals surface area contributed by atoms with Crippen molar-refractivity contribution in [3.05, 3.63) is 0 Å². The molecule has 0 saturated carbocycles. The third-order valence-electron chi connectivity index (χ3n) is 0.681. The molecule has 0 bridgehead atoms. The molecule has 0 unspecified atom stereocenters. The first kappa shape index (κ1) is 10.7. The first-order chi connectivity index (χ1) is 4.77. The molecule has 0 aromatic heterocycles. The van der Waals surface area contributed by atoms with Crippen LogP contribution in [0.5, 0.6) is 0 Å². The molecule has 68 valence electrons. The highest BCUT2D eigenvalue weighted by atomic mass is 32.2. The average molecular weight is 192 g/mol. The molecule has 0 aliphatic rings. The Morgan fingerprint density at radius 2 is 1.82 bits per heavy atom. The van der Waals surface area contributed by atoms with E-state index in [9.17, 15) is 21.6 Å². The van der Waals surface area contributed by atoms with Crippen LogP contribution >= 0.6 is 0 Å². The minimum Gasteiger partial charge on any atom is -0.369 e. The molecular formula is C4H7F3O3S. The highest BCUT2D eigenvalue weighted by Gasteiger charge is 2.34. The summed E-state index contributed by atoms with van der Waals surface area (Å²) in [7, 11) is -3.11. The van der Waals surface area contributed by atoms with E-state index >= 15 is 0 Å². The lowest BCUT2D eigenvalue weighted by Crippen LogP contribution is -2.25. The van der Waals surface area contributed by atoms with E-state index in [1.807, 2.05) is 0 Å². The average Bonchev–Trinajstić information content (AvgIpc) is 1.55. The predicted octanol–water partition coefficient (Wildman–Crippen LogP) is 0.567. The second-order valence-corrected chi connectivity index (χ2v) is 3.92. The van der Waals surface area contributed by atoms with E-state index in [4.69, 9.17) is 0 Å². The van der Waals surface area contributed by atoms with Gasteiger partial charge in [0.05, 0.1) is 0 Å². The van der Waals surface area contributed by atoms with E-state index in [0.717, 1.165) is 7.11 Å². The maximum Gasteiger partial charge on any atom is 0.402 e.